The molecule has 1 N–H and O–H groups in total. The van der Waals surface area contributed by atoms with Crippen LogP contribution in [0.1, 0.15) is 25.3 Å². The zero-order valence-electron chi connectivity index (χ0n) is 12.1. The number of carboxylic acids is 1. The number of hydrogen-bond acceptors (Lipinski definition) is 5. The predicted octanol–water partition coefficient (Wildman–Crippen LogP) is 1.84. The van der Waals surface area contributed by atoms with E-state index in [9.17, 15) is 13.2 Å². The van der Waals surface area contributed by atoms with Crippen LogP contribution in [0.5, 0.6) is 5.75 Å². The van der Waals surface area contributed by atoms with Gasteiger partial charge < -0.3 is 9.84 Å². The molecule has 1 atom stereocenters. The van der Waals surface area contributed by atoms with E-state index in [0.717, 1.165) is 24.7 Å². The van der Waals surface area contributed by atoms with Crippen molar-refractivity contribution < 1.29 is 27.2 Å². The molecule has 0 bridgehead atoms. The van der Waals surface area contributed by atoms with E-state index < -0.39 is 22.2 Å². The second kappa shape index (κ2) is 7.99. The Morgan fingerprint density at radius 1 is 1.33 bits per heavy atom. The number of aliphatic carboxylic acids is 1. The fourth-order valence-electron chi connectivity index (χ4n) is 1.67. The number of carbonyl (C=O) groups is 1. The van der Waals surface area contributed by atoms with Crippen LogP contribution < -0.4 is 4.74 Å². The lowest BCUT2D eigenvalue weighted by Crippen LogP contribution is -2.22. The number of hydrogen-bond donors (Lipinski definition) is 1. The topological polar surface area (TPSA) is 89.9 Å². The summed E-state index contributed by atoms with van der Waals surface area (Å²) in [4.78, 5) is 10.7. The summed E-state index contributed by atoms with van der Waals surface area (Å²) in [5.41, 5.74) is 1.00. The van der Waals surface area contributed by atoms with Gasteiger partial charge in [0.05, 0.1) is 12.9 Å². The standard InChI is InChI=1S/C14H20O6S/c1-11(14(15)16)20-13-8-5-7-12(10-13)6-3-4-9-19-21(2,17)18/h5,7-8,10-11H,3-4,6,9H2,1-2H3,(H,15,16)/t11-/m0/s1. The molecule has 21 heavy (non-hydrogen) atoms. The maximum Gasteiger partial charge on any atom is 0.344 e. The smallest absolute Gasteiger partial charge is 0.344 e. The molecule has 0 aliphatic rings. The Labute approximate surface area is 124 Å². The predicted molar refractivity (Wildman–Crippen MR) is 77.9 cm³/mol. The van der Waals surface area contributed by atoms with Gasteiger partial charge in [0.2, 0.25) is 0 Å². The molecule has 0 aliphatic heterocycles. The number of benzene rings is 1. The molecule has 1 rings (SSSR count). The largest absolute Gasteiger partial charge is 0.479 e. The molecule has 0 fully saturated rings. The lowest BCUT2D eigenvalue weighted by molar-refractivity contribution is -0.144. The second-order valence-corrected chi connectivity index (χ2v) is 6.37. The lowest BCUT2D eigenvalue weighted by Gasteiger charge is -2.11. The van der Waals surface area contributed by atoms with Crippen LogP contribution in [0.4, 0.5) is 0 Å². The van der Waals surface area contributed by atoms with Crippen LogP contribution in [0, 0.1) is 0 Å². The van der Waals surface area contributed by atoms with Crippen molar-refractivity contribution in [3.8, 4) is 5.75 Å². The highest BCUT2D eigenvalue weighted by Crippen LogP contribution is 2.16. The van der Waals surface area contributed by atoms with E-state index in [1.807, 2.05) is 6.07 Å². The highest BCUT2D eigenvalue weighted by Gasteiger charge is 2.12. The number of ether oxygens (including phenoxy) is 1. The molecule has 0 saturated carbocycles. The van der Waals surface area contributed by atoms with Gasteiger partial charge in [0.15, 0.2) is 6.10 Å². The third kappa shape index (κ3) is 7.67. The van der Waals surface area contributed by atoms with Crippen molar-refractivity contribution in [2.75, 3.05) is 12.9 Å². The van der Waals surface area contributed by atoms with Gasteiger partial charge in [-0.25, -0.2) is 4.79 Å². The van der Waals surface area contributed by atoms with Gasteiger partial charge in [-0.05, 0) is 43.9 Å². The first-order valence-electron chi connectivity index (χ1n) is 6.61. The number of rotatable bonds is 9. The summed E-state index contributed by atoms with van der Waals surface area (Å²) in [6, 6.07) is 7.20. The Balaban J connectivity index is 2.41. The Bertz CT molecular complexity index is 567. The van der Waals surface area contributed by atoms with Crippen LogP contribution in [0.2, 0.25) is 0 Å². The minimum atomic E-state index is -3.37. The summed E-state index contributed by atoms with van der Waals surface area (Å²) in [6.45, 7) is 1.64. The van der Waals surface area contributed by atoms with E-state index >= 15 is 0 Å². The Hall–Kier alpha value is -1.60. The van der Waals surface area contributed by atoms with Crippen molar-refractivity contribution in [3.05, 3.63) is 29.8 Å². The summed E-state index contributed by atoms with van der Waals surface area (Å²) >= 11 is 0. The normalized spacial score (nSPS) is 12.9. The van der Waals surface area contributed by atoms with E-state index in [-0.39, 0.29) is 6.61 Å². The molecule has 1 aromatic rings. The summed E-state index contributed by atoms with van der Waals surface area (Å²) in [5, 5.41) is 8.79. The van der Waals surface area contributed by atoms with Crippen LogP contribution in [0.3, 0.4) is 0 Å². The molecule has 1 aromatic carbocycles. The van der Waals surface area contributed by atoms with E-state index in [1.54, 1.807) is 18.2 Å². The average molecular weight is 316 g/mol. The quantitative estimate of drug-likeness (QED) is 0.552. The minimum absolute atomic E-state index is 0.172. The summed E-state index contributed by atoms with van der Waals surface area (Å²) < 4.78 is 31.5. The number of aryl methyl sites for hydroxylation is 1. The second-order valence-electron chi connectivity index (χ2n) is 4.73. The van der Waals surface area contributed by atoms with E-state index in [0.29, 0.717) is 12.2 Å². The summed E-state index contributed by atoms with van der Waals surface area (Å²) in [5.74, 6) is -0.506. The van der Waals surface area contributed by atoms with Crippen LogP contribution in [0.25, 0.3) is 0 Å². The molecular weight excluding hydrogens is 296 g/mol. The van der Waals surface area contributed by atoms with Crippen LogP contribution in [-0.2, 0) is 25.5 Å². The monoisotopic (exact) mass is 316 g/mol. The van der Waals surface area contributed by atoms with E-state index in [4.69, 9.17) is 9.84 Å². The van der Waals surface area contributed by atoms with Gasteiger partial charge in [-0.1, -0.05) is 12.1 Å². The van der Waals surface area contributed by atoms with Gasteiger partial charge >= 0.3 is 5.97 Å². The van der Waals surface area contributed by atoms with Gasteiger partial charge in [-0.2, -0.15) is 8.42 Å². The van der Waals surface area contributed by atoms with Crippen LogP contribution in [0.15, 0.2) is 24.3 Å². The van der Waals surface area contributed by atoms with Crippen LogP contribution in [-0.4, -0.2) is 38.5 Å². The Morgan fingerprint density at radius 3 is 2.67 bits per heavy atom. The van der Waals surface area contributed by atoms with Gasteiger partial charge in [0.1, 0.15) is 5.75 Å². The van der Waals surface area contributed by atoms with Crippen molar-refractivity contribution in [1.82, 2.24) is 0 Å². The van der Waals surface area contributed by atoms with Gasteiger partial charge in [0.25, 0.3) is 10.1 Å². The maximum atomic E-state index is 10.8. The van der Waals surface area contributed by atoms with Crippen molar-refractivity contribution in [2.24, 2.45) is 0 Å². The molecule has 0 unspecified atom stereocenters. The third-order valence-corrected chi connectivity index (χ3v) is 3.31. The number of unbranched alkanes of at least 4 members (excludes halogenated alkanes) is 1. The van der Waals surface area contributed by atoms with E-state index in [1.165, 1.54) is 6.92 Å². The first-order valence-corrected chi connectivity index (χ1v) is 8.42. The minimum Gasteiger partial charge on any atom is -0.479 e. The molecule has 7 heteroatoms. The lowest BCUT2D eigenvalue weighted by atomic mass is 10.1. The Morgan fingerprint density at radius 2 is 2.05 bits per heavy atom. The summed E-state index contributed by atoms with van der Waals surface area (Å²) in [7, 11) is -3.37. The zero-order chi connectivity index (χ0) is 15.9. The van der Waals surface area contributed by atoms with Crippen LogP contribution >= 0.6 is 0 Å². The first-order chi connectivity index (χ1) is 9.78. The van der Waals surface area contributed by atoms with Crippen molar-refractivity contribution >= 4 is 16.1 Å². The fraction of sp³-hybridized carbons (Fsp3) is 0.500. The highest BCUT2D eigenvalue weighted by atomic mass is 32.2. The average Bonchev–Trinajstić information content (AvgIpc) is 2.37. The molecule has 0 heterocycles. The third-order valence-electron chi connectivity index (χ3n) is 2.72. The number of carboxylic acid groups (broad SMARTS) is 1. The maximum absolute atomic E-state index is 10.8. The van der Waals surface area contributed by atoms with Crippen molar-refractivity contribution in [2.45, 2.75) is 32.3 Å². The molecule has 0 aromatic heterocycles. The molecular formula is C14H20O6S. The molecule has 0 spiro atoms. The fourth-order valence-corrected chi connectivity index (χ4v) is 2.09. The Kier molecular flexibility index (Phi) is 6.64. The molecule has 0 aliphatic carbocycles. The van der Waals surface area contributed by atoms with Crippen molar-refractivity contribution in [3.63, 3.8) is 0 Å². The molecule has 6 nitrogen and oxygen atoms in total. The summed E-state index contributed by atoms with van der Waals surface area (Å²) in [6.07, 6.45) is 2.27. The molecule has 0 radical (unpaired) electrons. The molecule has 0 saturated heterocycles. The van der Waals surface area contributed by atoms with Gasteiger partial charge in [-0.15, -0.1) is 0 Å². The SMILES string of the molecule is C[C@H](Oc1cccc(CCCCOS(C)(=O)=O)c1)C(=O)O. The first kappa shape index (κ1) is 17.5. The van der Waals surface area contributed by atoms with E-state index in [2.05, 4.69) is 4.18 Å². The molecule has 118 valence electrons. The van der Waals surface area contributed by atoms with Gasteiger partial charge in [-0.3, -0.25) is 4.18 Å². The highest BCUT2D eigenvalue weighted by molar-refractivity contribution is 7.85. The van der Waals surface area contributed by atoms with Crippen molar-refractivity contribution in [1.29, 1.82) is 0 Å². The zero-order valence-corrected chi connectivity index (χ0v) is 12.9. The van der Waals surface area contributed by atoms with Gasteiger partial charge in [0, 0.05) is 0 Å². The molecule has 0 amide bonds.